The monoisotopic (exact) mass is 643 g/mol. The van der Waals surface area contributed by atoms with Gasteiger partial charge >= 0.3 is 18.4 Å². The quantitative estimate of drug-likeness (QED) is 0.283. The van der Waals surface area contributed by atoms with Crippen LogP contribution in [-0.4, -0.2) is 80.9 Å². The van der Waals surface area contributed by atoms with Gasteiger partial charge in [-0.3, -0.25) is 9.78 Å². The number of nitrogens with one attached hydrogen (secondary N) is 2. The first-order valence-electron chi connectivity index (χ1n) is 14.6. The smallest absolute Gasteiger partial charge is 0.421 e. The number of halogens is 3. The summed E-state index contributed by atoms with van der Waals surface area (Å²) in [5.41, 5.74) is 9.13. The summed E-state index contributed by atoms with van der Waals surface area (Å²) < 4.78 is 52.5. The zero-order valence-corrected chi connectivity index (χ0v) is 25.1. The number of rotatable bonds is 11. The van der Waals surface area contributed by atoms with E-state index in [9.17, 15) is 27.6 Å². The number of ether oxygens (including phenoxy) is 3. The largest absolute Gasteiger partial charge is 0.452 e. The molecule has 3 amide bonds. The molecule has 246 valence electrons. The van der Waals surface area contributed by atoms with Crippen molar-refractivity contribution in [3.8, 4) is 0 Å². The second-order valence-corrected chi connectivity index (χ2v) is 10.6. The molecule has 0 saturated carbocycles. The summed E-state index contributed by atoms with van der Waals surface area (Å²) >= 11 is 0. The molecule has 1 aromatic heterocycles. The van der Waals surface area contributed by atoms with Crippen LogP contribution in [0.2, 0.25) is 0 Å². The number of pyridine rings is 1. The van der Waals surface area contributed by atoms with Gasteiger partial charge in [0.1, 0.15) is 13.2 Å². The molecule has 1 fully saturated rings. The van der Waals surface area contributed by atoms with Gasteiger partial charge < -0.3 is 30.6 Å². The van der Waals surface area contributed by atoms with Crippen LogP contribution in [0.15, 0.2) is 79.1 Å². The Morgan fingerprint density at radius 2 is 1.74 bits per heavy atom. The van der Waals surface area contributed by atoms with Gasteiger partial charge in [-0.25, -0.2) is 14.5 Å². The lowest BCUT2D eigenvalue weighted by molar-refractivity contribution is -0.124. The zero-order chi connectivity index (χ0) is 33.1. The van der Waals surface area contributed by atoms with Gasteiger partial charge in [-0.05, 0) is 35.6 Å². The lowest BCUT2D eigenvalue weighted by atomic mass is 9.84. The molecule has 3 aromatic rings. The summed E-state index contributed by atoms with van der Waals surface area (Å²) in [5, 5.41) is 4.80. The highest BCUT2D eigenvalue weighted by molar-refractivity contribution is 6.15. The van der Waals surface area contributed by atoms with Crippen LogP contribution >= 0.6 is 0 Å². The minimum Gasteiger partial charge on any atom is -0.452 e. The van der Waals surface area contributed by atoms with Crippen LogP contribution in [0.3, 0.4) is 0 Å². The zero-order valence-electron chi connectivity index (χ0n) is 25.1. The topological polar surface area (TPSA) is 145 Å². The molecule has 46 heavy (non-hydrogen) atoms. The van der Waals surface area contributed by atoms with Crippen molar-refractivity contribution in [1.82, 2.24) is 15.6 Å². The van der Waals surface area contributed by atoms with E-state index < -0.39 is 48.8 Å². The van der Waals surface area contributed by atoms with Crippen molar-refractivity contribution >= 4 is 23.8 Å². The van der Waals surface area contributed by atoms with Crippen LogP contribution in [-0.2, 0) is 25.4 Å². The van der Waals surface area contributed by atoms with Gasteiger partial charge in [-0.1, -0.05) is 60.7 Å². The molecule has 1 aliphatic rings. The third-order valence-corrected chi connectivity index (χ3v) is 7.42. The van der Waals surface area contributed by atoms with Crippen LogP contribution in [0, 0.1) is 0 Å². The molecule has 1 aliphatic heterocycles. The first-order chi connectivity index (χ1) is 22.1. The minimum absolute atomic E-state index is 0.155. The van der Waals surface area contributed by atoms with E-state index in [1.807, 2.05) is 60.7 Å². The maximum Gasteiger partial charge on any atom is 0.421 e. The first-order valence-corrected chi connectivity index (χ1v) is 14.6. The fourth-order valence-corrected chi connectivity index (χ4v) is 5.12. The Hall–Kier alpha value is -4.53. The SMILES string of the molecule is COC(=O)N(C(=O)[C@@H](N)C(c1ccccc1)c1ccccc1)c1cnccc1CC[C@@H]1CN[C@H](COC(=O)NCC(F)(F)F)CO1. The summed E-state index contributed by atoms with van der Waals surface area (Å²) in [7, 11) is 1.18. The van der Waals surface area contributed by atoms with Crippen LogP contribution in [0.5, 0.6) is 0 Å². The van der Waals surface area contributed by atoms with E-state index in [0.717, 1.165) is 16.0 Å². The predicted molar refractivity (Wildman–Crippen MR) is 162 cm³/mol. The second kappa shape index (κ2) is 16.2. The fourth-order valence-electron chi connectivity index (χ4n) is 5.12. The molecule has 14 heteroatoms. The Balaban J connectivity index is 1.42. The number of alkyl halides is 3. The summed E-state index contributed by atoms with van der Waals surface area (Å²) in [5.74, 6) is -1.23. The van der Waals surface area contributed by atoms with Gasteiger partial charge in [0.15, 0.2) is 0 Å². The molecule has 0 aliphatic carbocycles. The minimum atomic E-state index is -4.53. The highest BCUT2D eigenvalue weighted by Crippen LogP contribution is 2.31. The molecule has 2 heterocycles. The molecule has 1 saturated heterocycles. The molecule has 0 spiro atoms. The Bertz CT molecular complexity index is 1400. The average Bonchev–Trinajstić information content (AvgIpc) is 3.07. The summed E-state index contributed by atoms with van der Waals surface area (Å²) in [6, 6.07) is 18.8. The number of methoxy groups -OCH3 is 1. The van der Waals surface area contributed by atoms with Crippen molar-refractivity contribution in [3.63, 3.8) is 0 Å². The Morgan fingerprint density at radius 3 is 2.30 bits per heavy atom. The number of anilines is 1. The number of alkyl carbamates (subject to hydrolysis) is 1. The van der Waals surface area contributed by atoms with E-state index in [1.165, 1.54) is 13.3 Å². The third-order valence-electron chi connectivity index (χ3n) is 7.42. The molecule has 2 aromatic carbocycles. The van der Waals surface area contributed by atoms with Crippen molar-refractivity contribution < 1.29 is 41.8 Å². The number of nitrogens with zero attached hydrogens (tertiary/aromatic N) is 2. The van der Waals surface area contributed by atoms with Crippen LogP contribution in [0.1, 0.15) is 29.0 Å². The highest BCUT2D eigenvalue weighted by atomic mass is 19.4. The standard InChI is InChI=1S/C32H36F3N5O6/c1-44-31(43)40(29(41)28(36)27(22-8-4-2-5-9-22)23-10-6-3-7-11-23)26-17-37-15-14-21(26)12-13-25-16-38-24(18-45-25)19-46-30(42)39-20-32(33,34)35/h2-11,14-15,17,24-25,27-28,38H,12-13,16,18-20,36H2,1H3,(H,39,42)/t24-,25+,28-/m0/s1. The number of aromatic nitrogens is 1. The van der Waals surface area contributed by atoms with Gasteiger partial charge in [-0.2, -0.15) is 13.2 Å². The number of nitrogens with two attached hydrogens (primary N) is 1. The lowest BCUT2D eigenvalue weighted by Crippen LogP contribution is -2.50. The maximum atomic E-state index is 14.1. The summed E-state index contributed by atoms with van der Waals surface area (Å²) in [4.78, 5) is 43.8. The summed E-state index contributed by atoms with van der Waals surface area (Å²) in [6.07, 6.45) is -3.06. The normalized spacial score (nSPS) is 17.2. The Morgan fingerprint density at radius 1 is 1.09 bits per heavy atom. The molecule has 4 N–H and O–H groups in total. The van der Waals surface area contributed by atoms with E-state index >= 15 is 0 Å². The van der Waals surface area contributed by atoms with Gasteiger partial charge in [0, 0.05) is 18.7 Å². The molecule has 11 nitrogen and oxygen atoms in total. The number of amides is 3. The molecule has 0 unspecified atom stereocenters. The molecular weight excluding hydrogens is 607 g/mol. The van der Waals surface area contributed by atoms with Crippen molar-refractivity contribution in [2.45, 2.75) is 43.1 Å². The molecule has 3 atom stereocenters. The Kier molecular flexibility index (Phi) is 12.1. The van der Waals surface area contributed by atoms with Crippen molar-refractivity contribution in [2.24, 2.45) is 5.73 Å². The van der Waals surface area contributed by atoms with E-state index in [0.29, 0.717) is 24.9 Å². The van der Waals surface area contributed by atoms with Crippen molar-refractivity contribution in [3.05, 3.63) is 95.8 Å². The number of hydrogen-bond acceptors (Lipinski definition) is 9. The number of morpholine rings is 1. The van der Waals surface area contributed by atoms with Gasteiger partial charge in [0.2, 0.25) is 0 Å². The van der Waals surface area contributed by atoms with E-state index in [-0.39, 0.29) is 25.0 Å². The number of carbonyl (C=O) groups excluding carboxylic acids is 3. The van der Waals surface area contributed by atoms with Crippen molar-refractivity contribution in [1.29, 1.82) is 0 Å². The highest BCUT2D eigenvalue weighted by Gasteiger charge is 2.36. The number of hydrogen-bond donors (Lipinski definition) is 3. The number of benzene rings is 2. The van der Waals surface area contributed by atoms with Crippen LogP contribution < -0.4 is 21.3 Å². The summed E-state index contributed by atoms with van der Waals surface area (Å²) in [6.45, 7) is -1.12. The Labute approximate surface area is 264 Å². The third kappa shape index (κ3) is 9.49. The van der Waals surface area contributed by atoms with Crippen LogP contribution in [0.25, 0.3) is 0 Å². The molecule has 0 bridgehead atoms. The van der Waals surface area contributed by atoms with Gasteiger partial charge in [0.05, 0.1) is 43.8 Å². The number of aryl methyl sites for hydroxylation is 1. The van der Waals surface area contributed by atoms with E-state index in [4.69, 9.17) is 19.9 Å². The van der Waals surface area contributed by atoms with Gasteiger partial charge in [-0.15, -0.1) is 0 Å². The van der Waals surface area contributed by atoms with E-state index in [1.54, 1.807) is 17.6 Å². The fraction of sp³-hybridized carbons (Fsp3) is 0.375. The number of carbonyl (C=O) groups is 3. The first kappa shape index (κ1) is 34.3. The molecular formula is C32H36F3N5O6. The van der Waals surface area contributed by atoms with Gasteiger partial charge in [0.25, 0.3) is 5.91 Å². The van der Waals surface area contributed by atoms with Crippen LogP contribution in [0.4, 0.5) is 28.4 Å². The average molecular weight is 644 g/mol. The molecule has 4 rings (SSSR count). The number of imide groups is 1. The lowest BCUT2D eigenvalue weighted by Gasteiger charge is -2.31. The van der Waals surface area contributed by atoms with Crippen molar-refractivity contribution in [2.75, 3.05) is 38.3 Å². The predicted octanol–water partition coefficient (Wildman–Crippen LogP) is 3.92. The maximum absolute atomic E-state index is 14.1. The second-order valence-electron chi connectivity index (χ2n) is 10.6. The van der Waals surface area contributed by atoms with E-state index in [2.05, 4.69) is 10.3 Å². The molecule has 0 radical (unpaired) electrons.